The Morgan fingerprint density at radius 1 is 1.21 bits per heavy atom. The molecule has 0 fully saturated rings. The van der Waals surface area contributed by atoms with Crippen LogP contribution in [0.4, 0.5) is 0 Å². The molecule has 19 heavy (non-hydrogen) atoms. The largest absolute Gasteiger partial charge is 0.492 e. The maximum atomic E-state index is 5.82. The van der Waals surface area contributed by atoms with E-state index in [9.17, 15) is 0 Å². The number of benzene rings is 1. The minimum Gasteiger partial charge on any atom is -0.492 e. The molecular formula is C15H11BrN2O. The average Bonchev–Trinajstić information content (AvgIpc) is 2.70. The van der Waals surface area contributed by atoms with Gasteiger partial charge in [-0.1, -0.05) is 22.0 Å². The van der Waals surface area contributed by atoms with Crippen molar-refractivity contribution >= 4 is 21.6 Å². The number of ether oxygens (including phenoxy) is 1. The molecule has 0 bridgehead atoms. The summed E-state index contributed by atoms with van der Waals surface area (Å²) in [5.41, 5.74) is 4.29. The molecule has 2 aromatic heterocycles. The average molecular weight is 315 g/mol. The van der Waals surface area contributed by atoms with Crippen LogP contribution >= 0.6 is 15.9 Å². The van der Waals surface area contributed by atoms with E-state index in [1.54, 1.807) is 0 Å². The van der Waals surface area contributed by atoms with E-state index < -0.39 is 0 Å². The van der Waals surface area contributed by atoms with Gasteiger partial charge in [-0.05, 0) is 30.3 Å². The number of halogens is 1. The van der Waals surface area contributed by atoms with Crippen molar-refractivity contribution < 1.29 is 4.74 Å². The summed E-state index contributed by atoms with van der Waals surface area (Å²) in [4.78, 5) is 4.76. The molecule has 3 aromatic rings. The van der Waals surface area contributed by atoms with Crippen LogP contribution < -0.4 is 4.74 Å². The summed E-state index contributed by atoms with van der Waals surface area (Å²) in [5.74, 6) is 0.908. The lowest BCUT2D eigenvalue weighted by Gasteiger charge is -2.06. The Kier molecular flexibility index (Phi) is 2.38. The molecule has 1 aliphatic rings. The van der Waals surface area contributed by atoms with Crippen molar-refractivity contribution in [1.29, 1.82) is 0 Å². The topological polar surface area (TPSA) is 26.5 Å². The summed E-state index contributed by atoms with van der Waals surface area (Å²) < 4.78 is 9.01. The fraction of sp³-hybridized carbons (Fsp3) is 0.133. The maximum absolute atomic E-state index is 5.82. The van der Waals surface area contributed by atoms with Gasteiger partial charge in [0.05, 0.1) is 18.0 Å². The predicted octanol–water partition coefficient (Wildman–Crippen LogP) is 3.70. The highest BCUT2D eigenvalue weighted by molar-refractivity contribution is 9.10. The maximum Gasteiger partial charge on any atom is 0.137 e. The third-order valence-electron chi connectivity index (χ3n) is 3.42. The van der Waals surface area contributed by atoms with Gasteiger partial charge in [0.1, 0.15) is 11.4 Å². The fourth-order valence-corrected chi connectivity index (χ4v) is 2.93. The van der Waals surface area contributed by atoms with E-state index in [1.165, 1.54) is 5.69 Å². The van der Waals surface area contributed by atoms with Gasteiger partial charge in [0.2, 0.25) is 0 Å². The molecule has 0 atom stereocenters. The van der Waals surface area contributed by atoms with Crippen LogP contribution in [0.25, 0.3) is 16.9 Å². The first kappa shape index (κ1) is 11.1. The molecular weight excluding hydrogens is 304 g/mol. The van der Waals surface area contributed by atoms with Gasteiger partial charge in [0, 0.05) is 22.7 Å². The minimum absolute atomic E-state index is 0.685. The smallest absolute Gasteiger partial charge is 0.137 e. The van der Waals surface area contributed by atoms with Crippen LogP contribution in [-0.4, -0.2) is 16.0 Å². The molecule has 0 spiro atoms. The van der Waals surface area contributed by atoms with Crippen LogP contribution in [0.5, 0.6) is 5.75 Å². The number of rotatable bonds is 0. The van der Waals surface area contributed by atoms with Gasteiger partial charge < -0.3 is 9.14 Å². The van der Waals surface area contributed by atoms with Crippen LogP contribution in [0.15, 0.2) is 47.1 Å². The third kappa shape index (κ3) is 1.67. The molecule has 0 amide bonds. The number of pyridine rings is 1. The minimum atomic E-state index is 0.685. The van der Waals surface area contributed by atoms with Crippen molar-refractivity contribution in [2.45, 2.75) is 6.42 Å². The number of hydrogen-bond acceptors (Lipinski definition) is 2. The second-order valence-electron chi connectivity index (χ2n) is 4.57. The summed E-state index contributed by atoms with van der Waals surface area (Å²) in [6.07, 6.45) is 2.93. The van der Waals surface area contributed by atoms with Crippen molar-refractivity contribution in [2.24, 2.45) is 0 Å². The van der Waals surface area contributed by atoms with Crippen LogP contribution in [0, 0.1) is 0 Å². The van der Waals surface area contributed by atoms with E-state index in [0.29, 0.717) is 6.61 Å². The van der Waals surface area contributed by atoms with Gasteiger partial charge in [-0.2, -0.15) is 0 Å². The Morgan fingerprint density at radius 3 is 3.11 bits per heavy atom. The van der Waals surface area contributed by atoms with Crippen molar-refractivity contribution in [2.75, 3.05) is 6.61 Å². The second kappa shape index (κ2) is 4.10. The number of fused-ring (bicyclic) bond motifs is 5. The van der Waals surface area contributed by atoms with Gasteiger partial charge in [0.25, 0.3) is 0 Å². The molecule has 1 aromatic carbocycles. The van der Waals surface area contributed by atoms with Crippen molar-refractivity contribution in [1.82, 2.24) is 9.38 Å². The quantitative estimate of drug-likeness (QED) is 0.632. The zero-order chi connectivity index (χ0) is 12.8. The van der Waals surface area contributed by atoms with Gasteiger partial charge in [-0.25, -0.2) is 4.98 Å². The molecule has 0 aliphatic carbocycles. The number of hydrogen-bond donors (Lipinski definition) is 0. The van der Waals surface area contributed by atoms with Crippen LogP contribution in [-0.2, 0) is 6.42 Å². The third-order valence-corrected chi connectivity index (χ3v) is 3.92. The lowest BCUT2D eigenvalue weighted by Crippen LogP contribution is -2.01. The van der Waals surface area contributed by atoms with Crippen LogP contribution in [0.3, 0.4) is 0 Å². The van der Waals surface area contributed by atoms with E-state index in [0.717, 1.165) is 33.5 Å². The molecule has 94 valence electrons. The molecule has 1 aliphatic heterocycles. The molecule has 0 radical (unpaired) electrons. The Bertz CT molecular complexity index is 779. The highest BCUT2D eigenvalue weighted by Gasteiger charge is 2.20. The fourth-order valence-electron chi connectivity index (χ4n) is 2.57. The molecule has 0 saturated heterocycles. The second-order valence-corrected chi connectivity index (χ2v) is 5.49. The van der Waals surface area contributed by atoms with E-state index in [4.69, 9.17) is 9.72 Å². The van der Waals surface area contributed by atoms with E-state index in [2.05, 4.69) is 32.6 Å². The zero-order valence-electron chi connectivity index (χ0n) is 10.1. The van der Waals surface area contributed by atoms with E-state index >= 15 is 0 Å². The Morgan fingerprint density at radius 2 is 2.16 bits per heavy atom. The SMILES string of the molecule is Brc1ccc2c(c1)-c1nc3ccccn3c1CCO2. The van der Waals surface area contributed by atoms with E-state index in [-0.39, 0.29) is 0 Å². The van der Waals surface area contributed by atoms with Crippen molar-refractivity contribution in [3.05, 3.63) is 52.8 Å². The van der Waals surface area contributed by atoms with E-state index in [1.807, 2.05) is 30.3 Å². The van der Waals surface area contributed by atoms with Gasteiger partial charge in [-0.3, -0.25) is 0 Å². The summed E-state index contributed by atoms with van der Waals surface area (Å²) in [6.45, 7) is 0.685. The standard InChI is InChI=1S/C15H11BrN2O/c16-10-4-5-13-11(9-10)15-12(6-8-19-13)18-7-2-1-3-14(18)17-15/h1-5,7,9H,6,8H2. The molecule has 3 heterocycles. The van der Waals surface area contributed by atoms with Gasteiger partial charge in [0.15, 0.2) is 0 Å². The number of imidazole rings is 1. The first-order valence-corrected chi connectivity index (χ1v) is 7.01. The molecule has 0 saturated carbocycles. The molecule has 4 heteroatoms. The number of nitrogens with zero attached hydrogens (tertiary/aromatic N) is 2. The van der Waals surface area contributed by atoms with Gasteiger partial charge in [-0.15, -0.1) is 0 Å². The highest BCUT2D eigenvalue weighted by atomic mass is 79.9. The normalized spacial score (nSPS) is 13.5. The summed E-state index contributed by atoms with van der Waals surface area (Å²) in [7, 11) is 0. The van der Waals surface area contributed by atoms with Crippen molar-refractivity contribution in [3.8, 4) is 17.0 Å². The summed E-state index contributed by atoms with van der Waals surface area (Å²) in [5, 5.41) is 0. The number of aromatic nitrogens is 2. The molecule has 3 nitrogen and oxygen atoms in total. The van der Waals surface area contributed by atoms with Crippen LogP contribution in [0.1, 0.15) is 5.69 Å². The zero-order valence-corrected chi connectivity index (χ0v) is 11.7. The highest BCUT2D eigenvalue weighted by Crippen LogP contribution is 2.36. The first-order chi connectivity index (χ1) is 9.33. The Labute approximate surface area is 119 Å². The Balaban J connectivity index is 2.08. The predicted molar refractivity (Wildman–Crippen MR) is 77.5 cm³/mol. The molecule has 0 N–H and O–H groups in total. The monoisotopic (exact) mass is 314 g/mol. The Hall–Kier alpha value is -1.81. The lowest BCUT2D eigenvalue weighted by atomic mass is 10.1. The summed E-state index contributed by atoms with van der Waals surface area (Å²) in [6, 6.07) is 12.2. The lowest BCUT2D eigenvalue weighted by molar-refractivity contribution is 0.325. The summed E-state index contributed by atoms with van der Waals surface area (Å²) >= 11 is 3.52. The first-order valence-electron chi connectivity index (χ1n) is 6.21. The van der Waals surface area contributed by atoms with Crippen molar-refractivity contribution in [3.63, 3.8) is 0 Å². The van der Waals surface area contributed by atoms with Crippen LogP contribution in [0.2, 0.25) is 0 Å². The molecule has 4 rings (SSSR count). The van der Waals surface area contributed by atoms with Gasteiger partial charge >= 0.3 is 0 Å². The molecule has 0 unspecified atom stereocenters.